The first kappa shape index (κ1) is 17.0. The summed E-state index contributed by atoms with van der Waals surface area (Å²) in [7, 11) is 3.60. The van der Waals surface area contributed by atoms with Crippen LogP contribution in [0.4, 0.5) is 5.69 Å². The fourth-order valence-corrected chi connectivity index (χ4v) is 3.08. The molecule has 0 aliphatic rings. The van der Waals surface area contributed by atoms with Crippen molar-refractivity contribution in [2.45, 2.75) is 18.9 Å². The number of rotatable bonds is 5. The number of benzene rings is 3. The molecular weight excluding hydrogens is 308 g/mol. The Balaban J connectivity index is 1.94. The maximum absolute atomic E-state index is 12.8. The van der Waals surface area contributed by atoms with Crippen molar-refractivity contribution in [2.75, 3.05) is 19.4 Å². The number of anilines is 1. The van der Waals surface area contributed by atoms with Crippen LogP contribution in [0.3, 0.4) is 0 Å². The molecule has 0 heterocycles. The first-order valence-corrected chi connectivity index (χ1v) is 8.57. The molecule has 0 radical (unpaired) electrons. The van der Waals surface area contributed by atoms with Crippen LogP contribution in [0.15, 0.2) is 72.8 Å². The Morgan fingerprint density at radius 3 is 2.20 bits per heavy atom. The van der Waals surface area contributed by atoms with Gasteiger partial charge in [-0.25, -0.2) is 0 Å². The van der Waals surface area contributed by atoms with E-state index in [1.54, 1.807) is 19.0 Å². The fourth-order valence-electron chi connectivity index (χ4n) is 3.08. The zero-order valence-corrected chi connectivity index (χ0v) is 14.9. The van der Waals surface area contributed by atoms with Crippen molar-refractivity contribution < 1.29 is 4.79 Å². The molecule has 0 unspecified atom stereocenters. The number of fused-ring (bicyclic) bond motifs is 1. The van der Waals surface area contributed by atoms with Gasteiger partial charge in [0, 0.05) is 25.7 Å². The zero-order valence-electron chi connectivity index (χ0n) is 14.9. The van der Waals surface area contributed by atoms with Gasteiger partial charge in [-0.05, 0) is 28.5 Å². The van der Waals surface area contributed by atoms with Gasteiger partial charge in [0.25, 0.3) is 0 Å². The second kappa shape index (κ2) is 7.39. The number of carbonyl (C=O) groups is 1. The number of carbonyl (C=O) groups excluding carboxylic acids is 1. The second-order valence-corrected chi connectivity index (χ2v) is 6.62. The zero-order chi connectivity index (χ0) is 17.8. The number of hydrogen-bond acceptors (Lipinski definition) is 2. The summed E-state index contributed by atoms with van der Waals surface area (Å²) in [4.78, 5) is 14.4. The van der Waals surface area contributed by atoms with Gasteiger partial charge in [-0.15, -0.1) is 0 Å². The van der Waals surface area contributed by atoms with E-state index in [2.05, 4.69) is 42.6 Å². The van der Waals surface area contributed by atoms with Crippen LogP contribution in [0.25, 0.3) is 10.8 Å². The molecule has 1 N–H and O–H groups in total. The topological polar surface area (TPSA) is 32.3 Å². The van der Waals surface area contributed by atoms with E-state index in [1.807, 2.05) is 42.5 Å². The smallest absolute Gasteiger partial charge is 0.245 e. The highest BCUT2D eigenvalue weighted by Gasteiger charge is 2.27. The van der Waals surface area contributed by atoms with E-state index in [0.717, 1.165) is 11.3 Å². The standard InChI is InChI=1S/C22H24N2O/c1-16(18-14-13-17-9-7-8-10-19(17)15-18)21(22(25)24(2)3)23-20-11-5-4-6-12-20/h4-16,21,23H,1-3H3/t16-,21-/m0/s1. The van der Waals surface area contributed by atoms with Crippen LogP contribution < -0.4 is 5.32 Å². The van der Waals surface area contributed by atoms with Gasteiger partial charge in [-0.2, -0.15) is 0 Å². The molecule has 0 saturated heterocycles. The van der Waals surface area contributed by atoms with Gasteiger partial charge >= 0.3 is 0 Å². The minimum Gasteiger partial charge on any atom is -0.373 e. The van der Waals surface area contributed by atoms with Crippen LogP contribution in [-0.2, 0) is 4.79 Å². The maximum Gasteiger partial charge on any atom is 0.245 e. The molecule has 3 rings (SSSR count). The van der Waals surface area contributed by atoms with Crippen LogP contribution in [0.1, 0.15) is 18.4 Å². The third kappa shape index (κ3) is 3.82. The van der Waals surface area contributed by atoms with Crippen molar-refractivity contribution in [2.24, 2.45) is 0 Å². The van der Waals surface area contributed by atoms with Crippen molar-refractivity contribution in [1.82, 2.24) is 4.90 Å². The van der Waals surface area contributed by atoms with Gasteiger partial charge in [-0.3, -0.25) is 4.79 Å². The Kier molecular flexibility index (Phi) is 5.03. The number of nitrogens with zero attached hydrogens (tertiary/aromatic N) is 1. The number of amides is 1. The van der Waals surface area contributed by atoms with Crippen LogP contribution in [-0.4, -0.2) is 30.9 Å². The summed E-state index contributed by atoms with van der Waals surface area (Å²) in [6.45, 7) is 2.10. The van der Waals surface area contributed by atoms with E-state index in [4.69, 9.17) is 0 Å². The highest BCUT2D eigenvalue weighted by atomic mass is 16.2. The normalized spacial score (nSPS) is 13.2. The lowest BCUT2D eigenvalue weighted by Crippen LogP contribution is -2.42. The summed E-state index contributed by atoms with van der Waals surface area (Å²) in [6, 6.07) is 24.3. The lowest BCUT2D eigenvalue weighted by atomic mass is 9.90. The van der Waals surface area contributed by atoms with Gasteiger partial charge < -0.3 is 10.2 Å². The van der Waals surface area contributed by atoms with E-state index in [1.165, 1.54) is 10.8 Å². The van der Waals surface area contributed by atoms with Gasteiger partial charge in [0.05, 0.1) is 0 Å². The summed E-state index contributed by atoms with van der Waals surface area (Å²) in [5.41, 5.74) is 2.11. The molecule has 25 heavy (non-hydrogen) atoms. The average molecular weight is 332 g/mol. The molecule has 3 heteroatoms. The monoisotopic (exact) mass is 332 g/mol. The molecule has 0 aliphatic carbocycles. The van der Waals surface area contributed by atoms with E-state index < -0.39 is 0 Å². The van der Waals surface area contributed by atoms with Crippen molar-refractivity contribution in [3.63, 3.8) is 0 Å². The molecule has 0 fully saturated rings. The predicted molar refractivity (Wildman–Crippen MR) is 105 cm³/mol. The first-order valence-electron chi connectivity index (χ1n) is 8.57. The number of para-hydroxylation sites is 1. The Hall–Kier alpha value is -2.81. The Morgan fingerprint density at radius 2 is 1.52 bits per heavy atom. The van der Waals surface area contributed by atoms with E-state index >= 15 is 0 Å². The molecule has 0 spiro atoms. The molecule has 3 aromatic rings. The molecule has 128 valence electrons. The van der Waals surface area contributed by atoms with Gasteiger partial charge in [0.2, 0.25) is 5.91 Å². The highest BCUT2D eigenvalue weighted by Crippen LogP contribution is 2.26. The molecule has 3 aromatic carbocycles. The van der Waals surface area contributed by atoms with Gasteiger partial charge in [-0.1, -0.05) is 67.6 Å². The molecule has 2 atom stereocenters. The third-order valence-electron chi connectivity index (χ3n) is 4.60. The fraction of sp³-hybridized carbons (Fsp3) is 0.227. The molecule has 0 aliphatic heterocycles. The summed E-state index contributed by atoms with van der Waals surface area (Å²) < 4.78 is 0. The third-order valence-corrected chi connectivity index (χ3v) is 4.60. The lowest BCUT2D eigenvalue weighted by Gasteiger charge is -2.28. The summed E-state index contributed by atoms with van der Waals surface area (Å²) in [5, 5.41) is 5.82. The lowest BCUT2D eigenvalue weighted by molar-refractivity contribution is -0.129. The van der Waals surface area contributed by atoms with Gasteiger partial charge in [0.15, 0.2) is 0 Å². The van der Waals surface area contributed by atoms with Crippen LogP contribution in [0.2, 0.25) is 0 Å². The van der Waals surface area contributed by atoms with Crippen molar-refractivity contribution >= 4 is 22.4 Å². The van der Waals surface area contributed by atoms with E-state index in [0.29, 0.717) is 0 Å². The number of nitrogens with one attached hydrogen (secondary N) is 1. The number of hydrogen-bond donors (Lipinski definition) is 1. The number of likely N-dealkylation sites (N-methyl/N-ethyl adjacent to an activating group) is 1. The quantitative estimate of drug-likeness (QED) is 0.745. The Morgan fingerprint density at radius 1 is 0.880 bits per heavy atom. The van der Waals surface area contributed by atoms with Crippen LogP contribution in [0, 0.1) is 0 Å². The minimum atomic E-state index is -0.321. The van der Waals surface area contributed by atoms with Crippen LogP contribution >= 0.6 is 0 Å². The van der Waals surface area contributed by atoms with Crippen LogP contribution in [0.5, 0.6) is 0 Å². The maximum atomic E-state index is 12.8. The first-order chi connectivity index (χ1) is 12.1. The van der Waals surface area contributed by atoms with Gasteiger partial charge in [0.1, 0.15) is 6.04 Å². The average Bonchev–Trinajstić information content (AvgIpc) is 2.65. The highest BCUT2D eigenvalue weighted by molar-refractivity contribution is 5.87. The largest absolute Gasteiger partial charge is 0.373 e. The molecule has 1 amide bonds. The minimum absolute atomic E-state index is 0.0414. The second-order valence-electron chi connectivity index (χ2n) is 6.62. The Labute approximate surface area is 149 Å². The molecule has 3 nitrogen and oxygen atoms in total. The SMILES string of the molecule is C[C@@H](c1ccc2ccccc2c1)[C@H](Nc1ccccc1)C(=O)N(C)C. The molecule has 0 bridgehead atoms. The summed E-state index contributed by atoms with van der Waals surface area (Å²) >= 11 is 0. The van der Waals surface area contributed by atoms with E-state index in [-0.39, 0.29) is 17.9 Å². The van der Waals surface area contributed by atoms with Crippen molar-refractivity contribution in [1.29, 1.82) is 0 Å². The van der Waals surface area contributed by atoms with Crippen molar-refractivity contribution in [3.05, 3.63) is 78.4 Å². The molecular formula is C22H24N2O. The van der Waals surface area contributed by atoms with Crippen molar-refractivity contribution in [3.8, 4) is 0 Å². The molecule has 0 saturated carbocycles. The van der Waals surface area contributed by atoms with E-state index in [9.17, 15) is 4.79 Å². The summed E-state index contributed by atoms with van der Waals surface area (Å²) in [6.07, 6.45) is 0. The Bertz CT molecular complexity index is 858. The predicted octanol–water partition coefficient (Wildman–Crippen LogP) is 4.51. The summed E-state index contributed by atoms with van der Waals surface area (Å²) in [5.74, 6) is 0.115. The molecule has 0 aromatic heterocycles.